The fourth-order valence-electron chi connectivity index (χ4n) is 1.84. The quantitative estimate of drug-likeness (QED) is 0.596. The zero-order chi connectivity index (χ0) is 12.0. The van der Waals surface area contributed by atoms with Gasteiger partial charge >= 0.3 is 0 Å². The summed E-state index contributed by atoms with van der Waals surface area (Å²) in [5, 5.41) is 1.85. The summed E-state index contributed by atoms with van der Waals surface area (Å²) in [5.41, 5.74) is 1.39. The van der Waals surface area contributed by atoms with E-state index in [1.165, 1.54) is 24.8 Å². The standard InChI is InChI=1S/C14H20BrCl/c1-11(2)4-3-5-13(10-15)12-6-8-14(16)9-7-12/h6-9,11,13H,3-5,10H2,1-2H3. The van der Waals surface area contributed by atoms with Gasteiger partial charge in [0.15, 0.2) is 0 Å². The second kappa shape index (κ2) is 7.34. The van der Waals surface area contributed by atoms with Gasteiger partial charge in [-0.05, 0) is 36.0 Å². The Balaban J connectivity index is 2.50. The molecule has 1 atom stereocenters. The fraction of sp³-hybridized carbons (Fsp3) is 0.571. The van der Waals surface area contributed by atoms with E-state index in [0.29, 0.717) is 5.92 Å². The zero-order valence-electron chi connectivity index (χ0n) is 10.0. The van der Waals surface area contributed by atoms with Crippen LogP contribution in [0.3, 0.4) is 0 Å². The number of rotatable bonds is 6. The predicted octanol–water partition coefficient (Wildman–Crippen LogP) is 5.64. The Morgan fingerprint density at radius 3 is 2.25 bits per heavy atom. The summed E-state index contributed by atoms with van der Waals surface area (Å²) in [6.45, 7) is 4.57. The topological polar surface area (TPSA) is 0 Å². The monoisotopic (exact) mass is 302 g/mol. The Hall–Kier alpha value is -0.0100. The summed E-state index contributed by atoms with van der Waals surface area (Å²) < 4.78 is 0. The summed E-state index contributed by atoms with van der Waals surface area (Å²) >= 11 is 9.50. The number of benzene rings is 1. The molecule has 0 aliphatic heterocycles. The molecule has 16 heavy (non-hydrogen) atoms. The molecule has 1 rings (SSSR count). The zero-order valence-corrected chi connectivity index (χ0v) is 12.4. The molecule has 1 aromatic carbocycles. The van der Waals surface area contributed by atoms with Crippen molar-refractivity contribution in [3.05, 3.63) is 34.9 Å². The van der Waals surface area contributed by atoms with Gasteiger partial charge in [0.25, 0.3) is 0 Å². The van der Waals surface area contributed by atoms with E-state index in [2.05, 4.69) is 41.9 Å². The SMILES string of the molecule is CC(C)CCCC(CBr)c1ccc(Cl)cc1. The maximum Gasteiger partial charge on any atom is 0.0406 e. The molecule has 0 N–H and O–H groups in total. The first-order valence-electron chi connectivity index (χ1n) is 5.95. The minimum atomic E-state index is 0.621. The molecule has 0 aliphatic carbocycles. The minimum absolute atomic E-state index is 0.621. The van der Waals surface area contributed by atoms with Gasteiger partial charge in [-0.2, -0.15) is 0 Å². The molecular weight excluding hydrogens is 284 g/mol. The molecule has 0 saturated heterocycles. The third-order valence-corrected chi connectivity index (χ3v) is 3.90. The molecule has 0 spiro atoms. The highest BCUT2D eigenvalue weighted by Crippen LogP contribution is 2.26. The van der Waals surface area contributed by atoms with Crippen LogP contribution >= 0.6 is 27.5 Å². The predicted molar refractivity (Wildman–Crippen MR) is 76.7 cm³/mol. The van der Waals surface area contributed by atoms with Gasteiger partial charge in [0.2, 0.25) is 0 Å². The van der Waals surface area contributed by atoms with E-state index < -0.39 is 0 Å². The van der Waals surface area contributed by atoms with Crippen LogP contribution in [0.4, 0.5) is 0 Å². The van der Waals surface area contributed by atoms with Crippen molar-refractivity contribution in [2.75, 3.05) is 5.33 Å². The van der Waals surface area contributed by atoms with E-state index in [1.807, 2.05) is 12.1 Å². The van der Waals surface area contributed by atoms with E-state index >= 15 is 0 Å². The van der Waals surface area contributed by atoms with E-state index in [0.717, 1.165) is 16.3 Å². The van der Waals surface area contributed by atoms with Crippen molar-refractivity contribution in [3.63, 3.8) is 0 Å². The van der Waals surface area contributed by atoms with Crippen LogP contribution in [-0.4, -0.2) is 5.33 Å². The number of alkyl halides is 1. The molecule has 1 aromatic rings. The Kier molecular flexibility index (Phi) is 6.45. The van der Waals surface area contributed by atoms with Crippen LogP contribution < -0.4 is 0 Å². The van der Waals surface area contributed by atoms with E-state index in [1.54, 1.807) is 0 Å². The lowest BCUT2D eigenvalue weighted by Gasteiger charge is -2.15. The lowest BCUT2D eigenvalue weighted by molar-refractivity contribution is 0.515. The van der Waals surface area contributed by atoms with Gasteiger partial charge in [0, 0.05) is 10.4 Å². The maximum atomic E-state index is 5.89. The third kappa shape index (κ3) is 4.88. The van der Waals surface area contributed by atoms with Crippen molar-refractivity contribution >= 4 is 27.5 Å². The first kappa shape index (κ1) is 14.1. The van der Waals surface area contributed by atoms with Gasteiger partial charge in [0.05, 0.1) is 0 Å². The van der Waals surface area contributed by atoms with Crippen LogP contribution in [0.1, 0.15) is 44.6 Å². The van der Waals surface area contributed by atoms with Crippen LogP contribution in [0.5, 0.6) is 0 Å². The van der Waals surface area contributed by atoms with Gasteiger partial charge in [0.1, 0.15) is 0 Å². The van der Waals surface area contributed by atoms with Gasteiger partial charge in [-0.3, -0.25) is 0 Å². The van der Waals surface area contributed by atoms with Gasteiger partial charge < -0.3 is 0 Å². The molecular formula is C14H20BrCl. The Morgan fingerprint density at radius 2 is 1.75 bits per heavy atom. The summed E-state index contributed by atoms with van der Waals surface area (Å²) in [5.74, 6) is 1.43. The van der Waals surface area contributed by atoms with Crippen molar-refractivity contribution in [1.82, 2.24) is 0 Å². The van der Waals surface area contributed by atoms with Gasteiger partial charge in [-0.25, -0.2) is 0 Å². The molecule has 1 unspecified atom stereocenters. The molecule has 0 nitrogen and oxygen atoms in total. The number of hydrogen-bond donors (Lipinski definition) is 0. The molecule has 90 valence electrons. The van der Waals surface area contributed by atoms with Crippen molar-refractivity contribution in [2.45, 2.75) is 39.0 Å². The van der Waals surface area contributed by atoms with Gasteiger partial charge in [-0.1, -0.05) is 66.4 Å². The molecule has 0 aromatic heterocycles. The molecule has 0 aliphatic rings. The van der Waals surface area contributed by atoms with E-state index in [9.17, 15) is 0 Å². The second-order valence-electron chi connectivity index (χ2n) is 4.73. The number of halogens is 2. The number of hydrogen-bond acceptors (Lipinski definition) is 0. The lowest BCUT2D eigenvalue weighted by Crippen LogP contribution is -2.01. The third-order valence-electron chi connectivity index (χ3n) is 2.86. The average molecular weight is 304 g/mol. The lowest BCUT2D eigenvalue weighted by atomic mass is 9.94. The molecule has 0 bridgehead atoms. The Morgan fingerprint density at radius 1 is 1.12 bits per heavy atom. The Bertz CT molecular complexity index is 292. The van der Waals surface area contributed by atoms with Crippen LogP contribution in [0, 0.1) is 5.92 Å². The average Bonchev–Trinajstić information content (AvgIpc) is 2.26. The largest absolute Gasteiger partial charge is 0.0921 e. The van der Waals surface area contributed by atoms with Crippen LogP contribution in [-0.2, 0) is 0 Å². The van der Waals surface area contributed by atoms with E-state index in [4.69, 9.17) is 11.6 Å². The van der Waals surface area contributed by atoms with Crippen molar-refractivity contribution in [2.24, 2.45) is 5.92 Å². The van der Waals surface area contributed by atoms with Gasteiger partial charge in [-0.15, -0.1) is 0 Å². The second-order valence-corrected chi connectivity index (χ2v) is 5.81. The maximum absolute atomic E-state index is 5.89. The highest BCUT2D eigenvalue weighted by atomic mass is 79.9. The van der Waals surface area contributed by atoms with Crippen molar-refractivity contribution < 1.29 is 0 Å². The van der Waals surface area contributed by atoms with E-state index in [-0.39, 0.29) is 0 Å². The molecule has 2 heteroatoms. The summed E-state index contributed by atoms with van der Waals surface area (Å²) in [6, 6.07) is 8.25. The van der Waals surface area contributed by atoms with Crippen molar-refractivity contribution in [3.8, 4) is 0 Å². The molecule has 0 radical (unpaired) electrons. The van der Waals surface area contributed by atoms with Crippen LogP contribution in [0.25, 0.3) is 0 Å². The van der Waals surface area contributed by atoms with Crippen LogP contribution in [0.15, 0.2) is 24.3 Å². The summed E-state index contributed by atoms with van der Waals surface area (Å²) in [4.78, 5) is 0. The summed E-state index contributed by atoms with van der Waals surface area (Å²) in [7, 11) is 0. The van der Waals surface area contributed by atoms with Crippen molar-refractivity contribution in [1.29, 1.82) is 0 Å². The molecule has 0 fully saturated rings. The molecule has 0 heterocycles. The summed E-state index contributed by atoms with van der Waals surface area (Å²) in [6.07, 6.45) is 3.87. The fourth-order valence-corrected chi connectivity index (χ4v) is 2.66. The highest BCUT2D eigenvalue weighted by molar-refractivity contribution is 9.09. The molecule has 0 amide bonds. The minimum Gasteiger partial charge on any atom is -0.0921 e. The first-order valence-corrected chi connectivity index (χ1v) is 7.45. The molecule has 0 saturated carbocycles. The smallest absolute Gasteiger partial charge is 0.0406 e. The normalized spacial score (nSPS) is 13.1. The first-order chi connectivity index (χ1) is 7.63. The highest BCUT2D eigenvalue weighted by Gasteiger charge is 2.10. The Labute approximate surface area is 113 Å². The van der Waals surface area contributed by atoms with Crippen LogP contribution in [0.2, 0.25) is 5.02 Å².